The van der Waals surface area contributed by atoms with Gasteiger partial charge in [-0.15, -0.1) is 11.3 Å². The molecule has 128 valence electrons. The number of carbonyl (C=O) groups excluding carboxylic acids is 1. The molecule has 8 heteroatoms. The Balaban J connectivity index is 1.71. The van der Waals surface area contributed by atoms with Gasteiger partial charge in [-0.05, 0) is 37.1 Å². The summed E-state index contributed by atoms with van der Waals surface area (Å²) in [5.74, 6) is -0.388. The number of hydrogen-bond donors (Lipinski definition) is 1. The summed E-state index contributed by atoms with van der Waals surface area (Å²) >= 11 is 4.83. The predicted octanol–water partition coefficient (Wildman–Crippen LogP) is 2.99. The van der Waals surface area contributed by atoms with Crippen LogP contribution in [-0.2, 0) is 11.3 Å². The van der Waals surface area contributed by atoms with Crippen LogP contribution in [0.15, 0.2) is 45.0 Å². The Kier molecular flexibility index (Phi) is 5.10. The van der Waals surface area contributed by atoms with E-state index in [1.54, 1.807) is 6.21 Å². The van der Waals surface area contributed by atoms with Gasteiger partial charge in [0.1, 0.15) is 11.4 Å². The Morgan fingerprint density at radius 1 is 1.36 bits per heavy atom. The number of carbonyl (C=O) groups is 1. The molecule has 3 aromatic rings. The summed E-state index contributed by atoms with van der Waals surface area (Å²) in [5, 5.41) is 4.49. The van der Waals surface area contributed by atoms with Crippen molar-refractivity contribution in [3.63, 3.8) is 0 Å². The summed E-state index contributed by atoms with van der Waals surface area (Å²) in [4.78, 5) is 30.6. The Morgan fingerprint density at radius 3 is 2.80 bits per heavy atom. The van der Waals surface area contributed by atoms with Crippen molar-refractivity contribution >= 4 is 49.6 Å². The Morgan fingerprint density at radius 2 is 2.08 bits per heavy atom. The van der Waals surface area contributed by atoms with Crippen molar-refractivity contribution in [2.24, 2.45) is 5.10 Å². The fourth-order valence-electron chi connectivity index (χ4n) is 2.30. The Hall–Kier alpha value is -2.32. The number of hydrogen-bond acceptors (Lipinski definition) is 5. The van der Waals surface area contributed by atoms with Crippen molar-refractivity contribution in [1.82, 2.24) is 15.0 Å². The van der Waals surface area contributed by atoms with Crippen LogP contribution in [0.1, 0.15) is 16.0 Å². The third-order valence-corrected chi connectivity index (χ3v) is 5.39. The highest BCUT2D eigenvalue weighted by Crippen LogP contribution is 2.25. The predicted molar refractivity (Wildman–Crippen MR) is 103 cm³/mol. The summed E-state index contributed by atoms with van der Waals surface area (Å²) in [6.07, 6.45) is 2.94. The lowest BCUT2D eigenvalue weighted by Gasteiger charge is -2.04. The monoisotopic (exact) mass is 418 g/mol. The second kappa shape index (κ2) is 7.28. The van der Waals surface area contributed by atoms with E-state index < -0.39 is 0 Å². The summed E-state index contributed by atoms with van der Waals surface area (Å²) in [7, 11) is 0. The summed E-state index contributed by atoms with van der Waals surface area (Å²) in [6.45, 7) is 3.72. The van der Waals surface area contributed by atoms with E-state index in [9.17, 15) is 9.59 Å². The molecular formula is C17H15BrN4O2S. The average molecular weight is 419 g/mol. The third kappa shape index (κ3) is 3.85. The lowest BCUT2D eigenvalue weighted by atomic mass is 10.2. The maximum atomic E-state index is 12.5. The summed E-state index contributed by atoms with van der Waals surface area (Å²) in [5.41, 5.74) is 3.99. The fourth-order valence-corrected chi connectivity index (χ4v) is 3.55. The molecule has 0 unspecified atom stereocenters. The summed E-state index contributed by atoms with van der Waals surface area (Å²) < 4.78 is 2.27. The van der Waals surface area contributed by atoms with Crippen molar-refractivity contribution < 1.29 is 4.79 Å². The number of aromatic nitrogens is 2. The van der Waals surface area contributed by atoms with Gasteiger partial charge in [-0.25, -0.2) is 10.4 Å². The topological polar surface area (TPSA) is 76.3 Å². The molecule has 1 amide bonds. The minimum Gasteiger partial charge on any atom is -0.289 e. The zero-order valence-corrected chi connectivity index (χ0v) is 16.0. The molecule has 3 rings (SSSR count). The number of benzene rings is 1. The highest BCUT2D eigenvalue weighted by molar-refractivity contribution is 9.10. The molecule has 0 saturated heterocycles. The van der Waals surface area contributed by atoms with E-state index in [4.69, 9.17) is 0 Å². The first-order valence-corrected chi connectivity index (χ1v) is 9.09. The number of nitrogens with zero attached hydrogens (tertiary/aromatic N) is 3. The SMILES string of the molecule is Cc1sc2ncn(CC(=O)NN=Cc3ccc(Br)cc3)c(=O)c2c1C. The zero-order chi connectivity index (χ0) is 18.0. The van der Waals surface area contributed by atoms with Gasteiger partial charge >= 0.3 is 0 Å². The van der Waals surface area contributed by atoms with Crippen molar-refractivity contribution in [2.45, 2.75) is 20.4 Å². The molecular weight excluding hydrogens is 404 g/mol. The molecule has 0 bridgehead atoms. The number of hydrazone groups is 1. The van der Waals surface area contributed by atoms with Crippen LogP contribution in [-0.4, -0.2) is 21.7 Å². The van der Waals surface area contributed by atoms with E-state index in [1.165, 1.54) is 22.2 Å². The summed E-state index contributed by atoms with van der Waals surface area (Å²) in [6, 6.07) is 7.50. The van der Waals surface area contributed by atoms with Gasteiger partial charge < -0.3 is 0 Å². The number of rotatable bonds is 4. The standard InChI is InChI=1S/C17H15BrN4O2S/c1-10-11(2)25-16-15(10)17(24)22(9-19-16)8-14(23)21-20-7-12-3-5-13(18)6-4-12/h3-7,9H,8H2,1-2H3,(H,21,23). The molecule has 0 radical (unpaired) electrons. The zero-order valence-electron chi connectivity index (χ0n) is 13.6. The number of nitrogens with one attached hydrogen (secondary N) is 1. The van der Waals surface area contributed by atoms with Gasteiger partial charge in [0, 0.05) is 9.35 Å². The number of amides is 1. The van der Waals surface area contributed by atoms with Crippen LogP contribution in [0.25, 0.3) is 10.2 Å². The van der Waals surface area contributed by atoms with Gasteiger partial charge in [0.2, 0.25) is 0 Å². The Bertz CT molecular complexity index is 1020. The lowest BCUT2D eigenvalue weighted by Crippen LogP contribution is -2.30. The second-order valence-corrected chi connectivity index (χ2v) is 7.60. The van der Waals surface area contributed by atoms with E-state index in [0.29, 0.717) is 10.2 Å². The molecule has 0 aliphatic rings. The lowest BCUT2D eigenvalue weighted by molar-refractivity contribution is -0.121. The Labute approximate surface area is 156 Å². The van der Waals surface area contributed by atoms with Crippen molar-refractivity contribution in [3.8, 4) is 0 Å². The maximum Gasteiger partial charge on any atom is 0.262 e. The molecule has 2 aromatic heterocycles. The van der Waals surface area contributed by atoms with E-state index >= 15 is 0 Å². The minimum atomic E-state index is -0.388. The van der Waals surface area contributed by atoms with Crippen LogP contribution in [0.2, 0.25) is 0 Å². The van der Waals surface area contributed by atoms with Crippen LogP contribution in [0.5, 0.6) is 0 Å². The van der Waals surface area contributed by atoms with Crippen LogP contribution in [0, 0.1) is 13.8 Å². The third-order valence-electron chi connectivity index (χ3n) is 3.74. The molecule has 0 fully saturated rings. The largest absolute Gasteiger partial charge is 0.289 e. The molecule has 0 aliphatic carbocycles. The number of fused-ring (bicyclic) bond motifs is 1. The van der Waals surface area contributed by atoms with Gasteiger partial charge in [0.25, 0.3) is 11.5 Å². The van der Waals surface area contributed by atoms with E-state index in [1.807, 2.05) is 38.1 Å². The first-order chi connectivity index (χ1) is 12.0. The molecule has 25 heavy (non-hydrogen) atoms. The number of thiophene rings is 1. The van der Waals surface area contributed by atoms with Crippen LogP contribution < -0.4 is 11.0 Å². The molecule has 0 atom stereocenters. The highest BCUT2D eigenvalue weighted by atomic mass is 79.9. The van der Waals surface area contributed by atoms with Gasteiger partial charge in [0.05, 0.1) is 17.9 Å². The van der Waals surface area contributed by atoms with E-state index in [-0.39, 0.29) is 18.0 Å². The molecule has 1 aromatic carbocycles. The first-order valence-electron chi connectivity index (χ1n) is 7.48. The van der Waals surface area contributed by atoms with Crippen LogP contribution >= 0.6 is 27.3 Å². The smallest absolute Gasteiger partial charge is 0.262 e. The second-order valence-electron chi connectivity index (χ2n) is 5.49. The van der Waals surface area contributed by atoms with Crippen LogP contribution in [0.3, 0.4) is 0 Å². The molecule has 0 spiro atoms. The molecule has 1 N–H and O–H groups in total. The molecule has 0 aliphatic heterocycles. The van der Waals surface area contributed by atoms with Crippen molar-refractivity contribution in [2.75, 3.05) is 0 Å². The highest BCUT2D eigenvalue weighted by Gasteiger charge is 2.13. The molecule has 2 heterocycles. The average Bonchev–Trinajstić information content (AvgIpc) is 2.87. The van der Waals surface area contributed by atoms with Gasteiger partial charge in [-0.3, -0.25) is 14.2 Å². The van der Waals surface area contributed by atoms with Crippen molar-refractivity contribution in [1.29, 1.82) is 0 Å². The first kappa shape index (κ1) is 17.5. The van der Waals surface area contributed by atoms with Crippen LogP contribution in [0.4, 0.5) is 0 Å². The molecule has 0 saturated carbocycles. The van der Waals surface area contributed by atoms with Gasteiger partial charge in [0.15, 0.2) is 0 Å². The fraction of sp³-hybridized carbons (Fsp3) is 0.176. The van der Waals surface area contributed by atoms with Gasteiger partial charge in [-0.1, -0.05) is 28.1 Å². The molecule has 6 nitrogen and oxygen atoms in total. The maximum absolute atomic E-state index is 12.5. The minimum absolute atomic E-state index is 0.131. The van der Waals surface area contributed by atoms with Gasteiger partial charge in [-0.2, -0.15) is 5.10 Å². The number of halogens is 1. The van der Waals surface area contributed by atoms with E-state index in [0.717, 1.165) is 20.5 Å². The quantitative estimate of drug-likeness (QED) is 0.522. The van der Waals surface area contributed by atoms with Crippen molar-refractivity contribution in [3.05, 3.63) is 61.4 Å². The van der Waals surface area contributed by atoms with E-state index in [2.05, 4.69) is 31.4 Å². The number of aryl methyl sites for hydroxylation is 2. The normalized spacial score (nSPS) is 11.3.